The van der Waals surface area contributed by atoms with Crippen LogP contribution in [0.3, 0.4) is 0 Å². The highest BCUT2D eigenvalue weighted by Gasteiger charge is 2.14. The summed E-state index contributed by atoms with van der Waals surface area (Å²) in [4.78, 5) is 1.21. The number of anilines is 1. The van der Waals surface area contributed by atoms with E-state index in [1.807, 2.05) is 24.3 Å². The Morgan fingerprint density at radius 3 is 2.80 bits per heavy atom. The topological polar surface area (TPSA) is 12.0 Å². The first-order chi connectivity index (χ1) is 9.61. The molecule has 5 heteroatoms. The lowest BCUT2D eigenvalue weighted by Gasteiger charge is -2.17. The van der Waals surface area contributed by atoms with Crippen molar-refractivity contribution in [3.63, 3.8) is 0 Å². The number of thioether (sulfide) groups is 1. The number of hydrogen-bond donors (Lipinski definition) is 1. The molecule has 0 bridgehead atoms. The van der Waals surface area contributed by atoms with Crippen LogP contribution in [0.15, 0.2) is 47.9 Å². The molecule has 0 aliphatic carbocycles. The maximum atomic E-state index is 6.21. The normalized spacial score (nSPS) is 12.2. The van der Waals surface area contributed by atoms with Crippen molar-refractivity contribution in [3.8, 4) is 0 Å². The van der Waals surface area contributed by atoms with Crippen LogP contribution in [-0.2, 0) is 0 Å². The molecular formula is C15H15Cl2NS2. The third-order valence-electron chi connectivity index (χ3n) is 2.77. The van der Waals surface area contributed by atoms with Gasteiger partial charge in [0.25, 0.3) is 0 Å². The Morgan fingerprint density at radius 2 is 2.15 bits per heavy atom. The van der Waals surface area contributed by atoms with Gasteiger partial charge in [-0.05, 0) is 25.1 Å². The first-order valence-corrected chi connectivity index (χ1v) is 8.71. The van der Waals surface area contributed by atoms with Gasteiger partial charge in [0.2, 0.25) is 0 Å². The van der Waals surface area contributed by atoms with Gasteiger partial charge in [-0.15, -0.1) is 29.7 Å². The maximum absolute atomic E-state index is 6.21. The number of hydrogen-bond acceptors (Lipinski definition) is 3. The first kappa shape index (κ1) is 15.8. The van der Waals surface area contributed by atoms with Crippen molar-refractivity contribution in [2.24, 2.45) is 0 Å². The molecule has 0 aliphatic heterocycles. The van der Waals surface area contributed by atoms with Gasteiger partial charge in [-0.25, -0.2) is 0 Å². The molecule has 1 heterocycles. The average Bonchev–Trinajstić information content (AvgIpc) is 2.77. The molecule has 0 fully saturated rings. The highest BCUT2D eigenvalue weighted by molar-refractivity contribution is 7.99. The number of benzene rings is 1. The van der Waals surface area contributed by atoms with Crippen molar-refractivity contribution in [1.29, 1.82) is 0 Å². The molecule has 0 spiro atoms. The Morgan fingerprint density at radius 1 is 1.40 bits per heavy atom. The van der Waals surface area contributed by atoms with Crippen LogP contribution in [0, 0.1) is 0 Å². The summed E-state index contributed by atoms with van der Waals surface area (Å²) in [5.74, 6) is 0.887. The summed E-state index contributed by atoms with van der Waals surface area (Å²) in [5, 5.41) is 3.50. The fourth-order valence-electron chi connectivity index (χ4n) is 1.82. The molecule has 106 valence electrons. The fraction of sp³-hybridized carbons (Fsp3) is 0.200. The summed E-state index contributed by atoms with van der Waals surface area (Å²) in [6.45, 7) is 5.84. The van der Waals surface area contributed by atoms with E-state index >= 15 is 0 Å². The molecule has 0 saturated heterocycles. The summed E-state index contributed by atoms with van der Waals surface area (Å²) < 4.78 is 1.46. The second-order valence-electron chi connectivity index (χ2n) is 4.24. The van der Waals surface area contributed by atoms with Crippen molar-refractivity contribution in [2.45, 2.75) is 17.9 Å². The standard InChI is InChI=1S/C15H15Cl2NS2/c1-3-8-19-13-7-5-4-6-12(13)18-10(2)11-9-14(16)20-15(11)17/h3-7,9-10,18H,1,8H2,2H3. The van der Waals surface area contributed by atoms with E-state index in [4.69, 9.17) is 23.2 Å². The smallest absolute Gasteiger partial charge is 0.0996 e. The molecule has 1 atom stereocenters. The lowest BCUT2D eigenvalue weighted by atomic mass is 10.1. The Bertz CT molecular complexity index is 595. The molecule has 1 aromatic carbocycles. The number of halogens is 2. The van der Waals surface area contributed by atoms with Crippen molar-refractivity contribution < 1.29 is 0 Å². The SMILES string of the molecule is C=CCSc1ccccc1NC(C)c1cc(Cl)sc1Cl. The van der Waals surface area contributed by atoms with E-state index in [2.05, 4.69) is 31.0 Å². The molecule has 0 radical (unpaired) electrons. The Kier molecular flexibility index (Phi) is 5.85. The molecule has 1 N–H and O–H groups in total. The lowest BCUT2D eigenvalue weighted by Crippen LogP contribution is -2.06. The van der Waals surface area contributed by atoms with Crippen molar-refractivity contribution in [1.82, 2.24) is 0 Å². The summed E-state index contributed by atoms with van der Waals surface area (Å²) in [6, 6.07) is 10.3. The molecule has 0 aliphatic rings. The third-order valence-corrected chi connectivity index (χ3v) is 5.35. The minimum absolute atomic E-state index is 0.108. The molecular weight excluding hydrogens is 329 g/mol. The molecule has 0 saturated carbocycles. The van der Waals surface area contributed by atoms with Gasteiger partial charge in [0.1, 0.15) is 0 Å². The summed E-state index contributed by atoms with van der Waals surface area (Å²) in [7, 11) is 0. The van der Waals surface area contributed by atoms with Gasteiger partial charge in [0.15, 0.2) is 0 Å². The van der Waals surface area contributed by atoms with Crippen LogP contribution in [0.4, 0.5) is 5.69 Å². The van der Waals surface area contributed by atoms with Gasteiger partial charge in [0.05, 0.1) is 14.7 Å². The number of rotatable bonds is 6. The number of nitrogens with one attached hydrogen (secondary N) is 1. The summed E-state index contributed by atoms with van der Waals surface area (Å²) >= 11 is 15.4. The Hall–Kier alpha value is -0.610. The zero-order valence-electron chi connectivity index (χ0n) is 11.0. The number of para-hydroxylation sites is 1. The van der Waals surface area contributed by atoms with Gasteiger partial charge >= 0.3 is 0 Å². The molecule has 2 aromatic rings. The van der Waals surface area contributed by atoms with E-state index in [9.17, 15) is 0 Å². The van der Waals surface area contributed by atoms with Crippen LogP contribution in [0.25, 0.3) is 0 Å². The van der Waals surface area contributed by atoms with Crippen molar-refractivity contribution >= 4 is 52.0 Å². The minimum Gasteiger partial charge on any atom is -0.378 e. The Balaban J connectivity index is 2.17. The minimum atomic E-state index is 0.108. The quantitative estimate of drug-likeness (QED) is 0.474. The van der Waals surface area contributed by atoms with Crippen LogP contribution in [0.5, 0.6) is 0 Å². The predicted octanol–water partition coefficient (Wildman–Crippen LogP) is 6.51. The summed E-state index contributed by atoms with van der Waals surface area (Å²) in [5.41, 5.74) is 2.13. The molecule has 1 aromatic heterocycles. The molecule has 1 nitrogen and oxygen atoms in total. The predicted molar refractivity (Wildman–Crippen MR) is 93.7 cm³/mol. The van der Waals surface area contributed by atoms with Gasteiger partial charge < -0.3 is 5.32 Å². The van der Waals surface area contributed by atoms with E-state index in [0.29, 0.717) is 4.34 Å². The first-order valence-electron chi connectivity index (χ1n) is 6.15. The van der Waals surface area contributed by atoms with Gasteiger partial charge in [-0.3, -0.25) is 0 Å². The van der Waals surface area contributed by atoms with Gasteiger partial charge in [0, 0.05) is 21.9 Å². The van der Waals surface area contributed by atoms with E-state index < -0.39 is 0 Å². The largest absolute Gasteiger partial charge is 0.378 e. The fourth-order valence-corrected chi connectivity index (χ4v) is 4.22. The third kappa shape index (κ3) is 3.95. The van der Waals surface area contributed by atoms with E-state index in [1.165, 1.54) is 16.2 Å². The van der Waals surface area contributed by atoms with Crippen LogP contribution in [-0.4, -0.2) is 5.75 Å². The second-order valence-corrected chi connectivity index (χ2v) is 7.59. The highest BCUT2D eigenvalue weighted by Crippen LogP contribution is 2.37. The molecule has 2 rings (SSSR count). The zero-order chi connectivity index (χ0) is 14.5. The lowest BCUT2D eigenvalue weighted by molar-refractivity contribution is 0.885. The maximum Gasteiger partial charge on any atom is 0.0996 e. The molecule has 0 amide bonds. The van der Waals surface area contributed by atoms with Crippen LogP contribution in [0.2, 0.25) is 8.67 Å². The average molecular weight is 344 g/mol. The van der Waals surface area contributed by atoms with Crippen molar-refractivity contribution in [2.75, 3.05) is 11.1 Å². The van der Waals surface area contributed by atoms with Crippen LogP contribution in [0.1, 0.15) is 18.5 Å². The monoisotopic (exact) mass is 343 g/mol. The van der Waals surface area contributed by atoms with Crippen LogP contribution >= 0.6 is 46.3 Å². The highest BCUT2D eigenvalue weighted by atomic mass is 35.5. The van der Waals surface area contributed by atoms with E-state index in [0.717, 1.165) is 21.3 Å². The van der Waals surface area contributed by atoms with Gasteiger partial charge in [-0.1, -0.05) is 41.4 Å². The Labute approximate surface area is 138 Å². The number of thiophene rings is 1. The van der Waals surface area contributed by atoms with Crippen molar-refractivity contribution in [3.05, 3.63) is 57.2 Å². The van der Waals surface area contributed by atoms with E-state index in [1.54, 1.807) is 11.8 Å². The molecule has 20 heavy (non-hydrogen) atoms. The van der Waals surface area contributed by atoms with Gasteiger partial charge in [-0.2, -0.15) is 0 Å². The summed E-state index contributed by atoms with van der Waals surface area (Å²) in [6.07, 6.45) is 1.90. The second kappa shape index (κ2) is 7.41. The molecule has 1 unspecified atom stereocenters. The van der Waals surface area contributed by atoms with E-state index in [-0.39, 0.29) is 6.04 Å². The zero-order valence-corrected chi connectivity index (χ0v) is 14.2. The van der Waals surface area contributed by atoms with Crippen LogP contribution < -0.4 is 5.32 Å².